The highest BCUT2D eigenvalue weighted by Crippen LogP contribution is 2.35. The number of aromatic nitrogens is 1. The van der Waals surface area contributed by atoms with Gasteiger partial charge in [0.1, 0.15) is 10.8 Å². The molecule has 0 unspecified atom stereocenters. The van der Waals surface area contributed by atoms with E-state index in [1.807, 2.05) is 6.07 Å². The van der Waals surface area contributed by atoms with Crippen LogP contribution in [0.4, 0.5) is 8.78 Å². The number of alkyl halides is 3. The van der Waals surface area contributed by atoms with E-state index < -0.39 is 6.61 Å². The standard InChI is InChI=1S/C12H7BrF2N2OS/c13-4-8-6-17-11(19-8)9-3-7(5-16)1-2-10(9)18-12(14)15/h1-3,6,12H,4H2. The summed E-state index contributed by atoms with van der Waals surface area (Å²) in [5.41, 5.74) is 0.767. The summed E-state index contributed by atoms with van der Waals surface area (Å²) >= 11 is 4.65. The maximum absolute atomic E-state index is 12.4. The maximum Gasteiger partial charge on any atom is 0.387 e. The highest BCUT2D eigenvalue weighted by molar-refractivity contribution is 9.08. The van der Waals surface area contributed by atoms with Crippen molar-refractivity contribution in [2.24, 2.45) is 0 Å². The third-order valence-electron chi connectivity index (χ3n) is 2.24. The van der Waals surface area contributed by atoms with Crippen LogP contribution in [0.15, 0.2) is 24.4 Å². The predicted molar refractivity (Wildman–Crippen MR) is 71.5 cm³/mol. The zero-order valence-electron chi connectivity index (χ0n) is 9.44. The van der Waals surface area contributed by atoms with Crippen LogP contribution >= 0.6 is 27.3 Å². The van der Waals surface area contributed by atoms with Crippen LogP contribution in [-0.4, -0.2) is 11.6 Å². The first-order valence-electron chi connectivity index (χ1n) is 5.14. The number of hydrogen-bond acceptors (Lipinski definition) is 4. The Hall–Kier alpha value is -1.52. The van der Waals surface area contributed by atoms with E-state index in [9.17, 15) is 8.78 Å². The Bertz CT molecular complexity index is 624. The van der Waals surface area contributed by atoms with Gasteiger partial charge in [0, 0.05) is 16.4 Å². The average molecular weight is 345 g/mol. The van der Waals surface area contributed by atoms with Crippen molar-refractivity contribution < 1.29 is 13.5 Å². The third kappa shape index (κ3) is 3.28. The maximum atomic E-state index is 12.4. The topological polar surface area (TPSA) is 45.9 Å². The second-order valence-electron chi connectivity index (χ2n) is 3.47. The molecule has 0 fully saturated rings. The van der Waals surface area contributed by atoms with Crippen molar-refractivity contribution in [1.29, 1.82) is 5.26 Å². The van der Waals surface area contributed by atoms with E-state index in [2.05, 4.69) is 25.7 Å². The lowest BCUT2D eigenvalue weighted by Crippen LogP contribution is -2.03. The minimum Gasteiger partial charge on any atom is -0.434 e. The van der Waals surface area contributed by atoms with E-state index in [0.29, 0.717) is 21.5 Å². The molecule has 0 saturated heterocycles. The van der Waals surface area contributed by atoms with Crippen LogP contribution in [0.3, 0.4) is 0 Å². The van der Waals surface area contributed by atoms with E-state index >= 15 is 0 Å². The first-order valence-corrected chi connectivity index (χ1v) is 7.08. The van der Waals surface area contributed by atoms with Crippen LogP contribution in [0.1, 0.15) is 10.4 Å². The van der Waals surface area contributed by atoms with Gasteiger partial charge in [-0.05, 0) is 18.2 Å². The zero-order chi connectivity index (χ0) is 13.8. The molecule has 2 rings (SSSR count). The zero-order valence-corrected chi connectivity index (χ0v) is 11.8. The Labute approximate surface area is 120 Å². The molecular formula is C12H7BrF2N2OS. The van der Waals surface area contributed by atoms with E-state index in [4.69, 9.17) is 5.26 Å². The smallest absolute Gasteiger partial charge is 0.387 e. The number of ether oxygens (including phenoxy) is 1. The lowest BCUT2D eigenvalue weighted by atomic mass is 10.1. The Morgan fingerprint density at radius 1 is 1.47 bits per heavy atom. The van der Waals surface area contributed by atoms with Crippen LogP contribution in [0.2, 0.25) is 0 Å². The first kappa shape index (κ1) is 13.9. The molecular weight excluding hydrogens is 338 g/mol. The summed E-state index contributed by atoms with van der Waals surface area (Å²) in [5, 5.41) is 10.0. The molecule has 0 N–H and O–H groups in total. The summed E-state index contributed by atoms with van der Waals surface area (Å²) in [6, 6.07) is 6.24. The Morgan fingerprint density at radius 2 is 2.26 bits per heavy atom. The molecule has 1 heterocycles. The van der Waals surface area contributed by atoms with Gasteiger partial charge in [0.25, 0.3) is 0 Å². The van der Waals surface area contributed by atoms with Crippen LogP contribution in [-0.2, 0) is 5.33 Å². The van der Waals surface area contributed by atoms with Gasteiger partial charge < -0.3 is 4.74 Å². The van der Waals surface area contributed by atoms with Crippen molar-refractivity contribution in [3.05, 3.63) is 34.8 Å². The summed E-state index contributed by atoms with van der Waals surface area (Å²) in [6.07, 6.45) is 1.65. The molecule has 7 heteroatoms. The molecule has 98 valence electrons. The van der Waals surface area contributed by atoms with Gasteiger partial charge in [-0.3, -0.25) is 0 Å². The lowest BCUT2D eigenvalue weighted by Gasteiger charge is -2.08. The summed E-state index contributed by atoms with van der Waals surface area (Å²) in [7, 11) is 0. The molecule has 0 saturated carbocycles. The van der Waals surface area contributed by atoms with Gasteiger partial charge in [-0.2, -0.15) is 14.0 Å². The fourth-order valence-electron chi connectivity index (χ4n) is 1.46. The van der Waals surface area contributed by atoms with Crippen molar-refractivity contribution in [2.75, 3.05) is 0 Å². The van der Waals surface area contributed by atoms with Gasteiger partial charge in [-0.1, -0.05) is 15.9 Å². The highest BCUT2D eigenvalue weighted by atomic mass is 79.9. The molecule has 0 aliphatic carbocycles. The normalized spacial score (nSPS) is 10.5. The monoisotopic (exact) mass is 344 g/mol. The van der Waals surface area contributed by atoms with Crippen LogP contribution < -0.4 is 4.74 Å². The molecule has 0 amide bonds. The first-order chi connectivity index (χ1) is 9.13. The SMILES string of the molecule is N#Cc1ccc(OC(F)F)c(-c2ncc(CBr)s2)c1. The van der Waals surface area contributed by atoms with Gasteiger partial charge in [0.2, 0.25) is 0 Å². The molecule has 0 atom stereocenters. The molecule has 1 aromatic carbocycles. The molecule has 0 radical (unpaired) electrons. The minimum absolute atomic E-state index is 0.0180. The van der Waals surface area contributed by atoms with E-state index in [1.54, 1.807) is 6.20 Å². The van der Waals surface area contributed by atoms with Crippen LogP contribution in [0.5, 0.6) is 5.75 Å². The van der Waals surface area contributed by atoms with Crippen molar-refractivity contribution in [2.45, 2.75) is 11.9 Å². The van der Waals surface area contributed by atoms with Gasteiger partial charge in [0.05, 0.1) is 17.2 Å². The number of thiazole rings is 1. The molecule has 0 bridgehead atoms. The molecule has 1 aromatic heterocycles. The molecule has 3 nitrogen and oxygen atoms in total. The minimum atomic E-state index is -2.91. The van der Waals surface area contributed by atoms with Crippen LogP contribution in [0.25, 0.3) is 10.6 Å². The van der Waals surface area contributed by atoms with E-state index in [0.717, 1.165) is 4.88 Å². The molecule has 0 aliphatic heterocycles. The summed E-state index contributed by atoms with van der Waals surface area (Å²) in [4.78, 5) is 5.11. The van der Waals surface area contributed by atoms with Gasteiger partial charge in [-0.15, -0.1) is 11.3 Å². The fraction of sp³-hybridized carbons (Fsp3) is 0.167. The number of nitrogens with zero attached hydrogens (tertiary/aromatic N) is 2. The molecule has 19 heavy (non-hydrogen) atoms. The van der Waals surface area contributed by atoms with Gasteiger partial charge >= 0.3 is 6.61 Å². The quantitative estimate of drug-likeness (QED) is 0.781. The number of hydrogen-bond donors (Lipinski definition) is 0. The van der Waals surface area contributed by atoms with Gasteiger partial charge in [0.15, 0.2) is 0 Å². The van der Waals surface area contributed by atoms with Crippen molar-refractivity contribution in [3.8, 4) is 22.4 Å². The lowest BCUT2D eigenvalue weighted by molar-refractivity contribution is -0.0494. The largest absolute Gasteiger partial charge is 0.434 e. The number of benzene rings is 1. The molecule has 2 aromatic rings. The number of nitriles is 1. The van der Waals surface area contributed by atoms with Crippen molar-refractivity contribution in [1.82, 2.24) is 4.98 Å². The van der Waals surface area contributed by atoms with Crippen molar-refractivity contribution >= 4 is 27.3 Å². The Balaban J connectivity index is 2.48. The van der Waals surface area contributed by atoms with Crippen molar-refractivity contribution in [3.63, 3.8) is 0 Å². The predicted octanol–water partition coefficient (Wildman–Crippen LogP) is 4.18. The molecule has 0 spiro atoms. The Morgan fingerprint density at radius 3 is 2.84 bits per heavy atom. The average Bonchev–Trinajstić information content (AvgIpc) is 2.87. The second kappa shape index (κ2) is 6.08. The van der Waals surface area contributed by atoms with E-state index in [1.165, 1.54) is 29.5 Å². The molecule has 0 aliphatic rings. The fourth-order valence-corrected chi connectivity index (χ4v) is 2.73. The summed E-state index contributed by atoms with van der Waals surface area (Å²) < 4.78 is 29.2. The summed E-state index contributed by atoms with van der Waals surface area (Å²) in [5.74, 6) is 0.0180. The van der Waals surface area contributed by atoms with Gasteiger partial charge in [-0.25, -0.2) is 4.98 Å². The number of rotatable bonds is 4. The number of halogens is 3. The third-order valence-corrected chi connectivity index (χ3v) is 4.25. The Kier molecular flexibility index (Phi) is 4.45. The van der Waals surface area contributed by atoms with Crippen LogP contribution in [0, 0.1) is 11.3 Å². The van der Waals surface area contributed by atoms with E-state index in [-0.39, 0.29) is 5.75 Å². The second-order valence-corrected chi connectivity index (χ2v) is 5.14. The highest BCUT2D eigenvalue weighted by Gasteiger charge is 2.15. The summed E-state index contributed by atoms with van der Waals surface area (Å²) in [6.45, 7) is -2.91.